The summed E-state index contributed by atoms with van der Waals surface area (Å²) in [5, 5.41) is 8.26. The van der Waals surface area contributed by atoms with Gasteiger partial charge in [0, 0.05) is 12.3 Å². The zero-order chi connectivity index (χ0) is 16.2. The van der Waals surface area contributed by atoms with Crippen molar-refractivity contribution in [1.29, 1.82) is 0 Å². The largest absolute Gasteiger partial charge is 0.475 e. The molecular weight excluding hydrogens is 302 g/mol. The molecule has 0 unspecified atom stereocenters. The summed E-state index contributed by atoms with van der Waals surface area (Å²) >= 11 is 0. The summed E-state index contributed by atoms with van der Waals surface area (Å²) in [5.41, 5.74) is 3.60. The Labute approximate surface area is 138 Å². The zero-order valence-electron chi connectivity index (χ0n) is 12.9. The molecule has 6 nitrogen and oxygen atoms in total. The molecule has 0 atom stereocenters. The summed E-state index contributed by atoms with van der Waals surface area (Å²) in [6.07, 6.45) is 3.56. The molecule has 0 aliphatic carbocycles. The number of nitrogens with zero attached hydrogens (tertiary/aromatic N) is 5. The van der Waals surface area contributed by atoms with Crippen molar-refractivity contribution < 1.29 is 4.74 Å². The minimum atomic E-state index is 0.498. The summed E-state index contributed by atoms with van der Waals surface area (Å²) in [6.45, 7) is 1.20. The van der Waals surface area contributed by atoms with Crippen LogP contribution in [0.25, 0.3) is 22.4 Å². The maximum Gasteiger partial charge on any atom is 0.233 e. The van der Waals surface area contributed by atoms with Crippen molar-refractivity contribution in [3.63, 3.8) is 0 Å². The fourth-order valence-corrected chi connectivity index (χ4v) is 2.48. The van der Waals surface area contributed by atoms with Crippen LogP contribution in [0.2, 0.25) is 0 Å². The topological polar surface area (TPSA) is 65.7 Å². The van der Waals surface area contributed by atoms with E-state index in [9.17, 15) is 0 Å². The summed E-state index contributed by atoms with van der Waals surface area (Å²) in [5.74, 6) is 0.499. The first-order chi connectivity index (χ1) is 11.9. The molecule has 0 saturated heterocycles. The van der Waals surface area contributed by atoms with Crippen LogP contribution in [0.4, 0.5) is 0 Å². The molecular formula is C18H15N5O. The molecule has 4 aromatic rings. The average Bonchev–Trinajstić information content (AvgIpc) is 3.06. The quantitative estimate of drug-likeness (QED) is 0.566. The van der Waals surface area contributed by atoms with Gasteiger partial charge in [0.05, 0.1) is 29.6 Å². The van der Waals surface area contributed by atoms with E-state index in [-0.39, 0.29) is 0 Å². The van der Waals surface area contributed by atoms with Gasteiger partial charge < -0.3 is 9.30 Å². The molecule has 0 spiro atoms. The van der Waals surface area contributed by atoms with Gasteiger partial charge in [0.2, 0.25) is 5.88 Å². The molecule has 0 bridgehead atoms. The third kappa shape index (κ3) is 2.94. The lowest BCUT2D eigenvalue weighted by Gasteiger charge is -2.07. The molecule has 0 N–H and O–H groups in total. The number of aromatic nitrogens is 5. The van der Waals surface area contributed by atoms with Gasteiger partial charge in [-0.15, -0.1) is 10.2 Å². The van der Waals surface area contributed by atoms with Gasteiger partial charge in [-0.3, -0.25) is 4.98 Å². The fraction of sp³-hybridized carbons (Fsp3) is 0.111. The Balaban J connectivity index is 1.39. The molecule has 1 aromatic carbocycles. The SMILES string of the molecule is c1ccc(-c2ccc(OCCn3cnc4ccccc43)nn2)nc1. The van der Waals surface area contributed by atoms with Crippen molar-refractivity contribution in [3.8, 4) is 17.3 Å². The standard InChI is InChI=1S/C18H15N5O/c1-2-7-17-16(6-1)20-13-23(17)11-12-24-18-9-8-15(21-22-18)14-5-3-4-10-19-14/h1-10,13H,11-12H2. The fourth-order valence-electron chi connectivity index (χ4n) is 2.48. The molecule has 24 heavy (non-hydrogen) atoms. The van der Waals surface area contributed by atoms with Crippen molar-refractivity contribution in [3.05, 3.63) is 67.1 Å². The molecule has 0 radical (unpaired) electrons. The van der Waals surface area contributed by atoms with Crippen LogP contribution in [-0.2, 0) is 6.54 Å². The first-order valence-corrected chi connectivity index (χ1v) is 7.68. The number of fused-ring (bicyclic) bond motifs is 1. The highest BCUT2D eigenvalue weighted by Gasteiger charge is 2.04. The number of ether oxygens (including phenoxy) is 1. The highest BCUT2D eigenvalue weighted by molar-refractivity contribution is 5.74. The Bertz CT molecular complexity index is 934. The average molecular weight is 317 g/mol. The number of hydrogen-bond donors (Lipinski definition) is 0. The van der Waals surface area contributed by atoms with Crippen LogP contribution in [0, 0.1) is 0 Å². The summed E-state index contributed by atoms with van der Waals surface area (Å²) in [7, 11) is 0. The first-order valence-electron chi connectivity index (χ1n) is 7.68. The lowest BCUT2D eigenvalue weighted by molar-refractivity contribution is 0.286. The highest BCUT2D eigenvalue weighted by Crippen LogP contribution is 2.15. The van der Waals surface area contributed by atoms with Crippen LogP contribution in [0.5, 0.6) is 5.88 Å². The van der Waals surface area contributed by atoms with Gasteiger partial charge in [-0.1, -0.05) is 18.2 Å². The van der Waals surface area contributed by atoms with Gasteiger partial charge >= 0.3 is 0 Å². The van der Waals surface area contributed by atoms with E-state index in [2.05, 4.69) is 24.7 Å². The molecule has 3 heterocycles. The van der Waals surface area contributed by atoms with Crippen molar-refractivity contribution in [2.45, 2.75) is 6.54 Å². The van der Waals surface area contributed by atoms with Crippen LogP contribution >= 0.6 is 0 Å². The van der Waals surface area contributed by atoms with E-state index in [0.717, 1.165) is 22.4 Å². The first kappa shape index (κ1) is 14.3. The maximum absolute atomic E-state index is 5.68. The van der Waals surface area contributed by atoms with Crippen molar-refractivity contribution in [2.75, 3.05) is 6.61 Å². The molecule has 3 aromatic heterocycles. The van der Waals surface area contributed by atoms with Crippen LogP contribution in [0.3, 0.4) is 0 Å². The highest BCUT2D eigenvalue weighted by atomic mass is 16.5. The molecule has 0 amide bonds. The van der Waals surface area contributed by atoms with Crippen molar-refractivity contribution >= 4 is 11.0 Å². The molecule has 0 aliphatic rings. The normalized spacial score (nSPS) is 10.8. The Morgan fingerprint density at radius 2 is 1.75 bits per heavy atom. The van der Waals surface area contributed by atoms with Gasteiger partial charge in [0.25, 0.3) is 0 Å². The second-order valence-corrected chi connectivity index (χ2v) is 5.25. The predicted octanol–water partition coefficient (Wildman–Crippen LogP) is 2.97. The number of hydrogen-bond acceptors (Lipinski definition) is 5. The second-order valence-electron chi connectivity index (χ2n) is 5.25. The summed E-state index contributed by atoms with van der Waals surface area (Å²) in [6, 6.07) is 17.4. The molecule has 0 fully saturated rings. The van der Waals surface area contributed by atoms with Gasteiger partial charge in [-0.2, -0.15) is 0 Å². The Hall–Kier alpha value is -3.28. The van der Waals surface area contributed by atoms with E-state index in [1.807, 2.05) is 60.9 Å². The third-order valence-corrected chi connectivity index (χ3v) is 3.68. The minimum Gasteiger partial charge on any atom is -0.475 e. The van der Waals surface area contributed by atoms with Gasteiger partial charge in [0.15, 0.2) is 0 Å². The lowest BCUT2D eigenvalue weighted by atomic mass is 10.2. The number of rotatable bonds is 5. The molecule has 6 heteroatoms. The van der Waals surface area contributed by atoms with E-state index in [4.69, 9.17) is 4.74 Å². The minimum absolute atomic E-state index is 0.498. The van der Waals surface area contributed by atoms with Crippen LogP contribution in [0.15, 0.2) is 67.1 Å². The van der Waals surface area contributed by atoms with E-state index in [1.54, 1.807) is 6.20 Å². The monoisotopic (exact) mass is 317 g/mol. The maximum atomic E-state index is 5.68. The van der Waals surface area contributed by atoms with Gasteiger partial charge in [-0.05, 0) is 30.3 Å². The van der Waals surface area contributed by atoms with E-state index in [1.165, 1.54) is 0 Å². The number of para-hydroxylation sites is 2. The Morgan fingerprint density at radius 1 is 0.833 bits per heavy atom. The van der Waals surface area contributed by atoms with Crippen LogP contribution in [0.1, 0.15) is 0 Å². The molecule has 0 aliphatic heterocycles. The van der Waals surface area contributed by atoms with Crippen LogP contribution in [-0.4, -0.2) is 31.3 Å². The van der Waals surface area contributed by atoms with Gasteiger partial charge in [-0.25, -0.2) is 4.98 Å². The van der Waals surface area contributed by atoms with Crippen molar-refractivity contribution in [2.24, 2.45) is 0 Å². The zero-order valence-corrected chi connectivity index (χ0v) is 12.9. The van der Waals surface area contributed by atoms with Crippen molar-refractivity contribution in [1.82, 2.24) is 24.7 Å². The Kier molecular flexibility index (Phi) is 3.85. The van der Waals surface area contributed by atoms with E-state index in [0.29, 0.717) is 19.0 Å². The third-order valence-electron chi connectivity index (χ3n) is 3.68. The summed E-state index contributed by atoms with van der Waals surface area (Å²) in [4.78, 5) is 8.61. The second kappa shape index (κ2) is 6.45. The van der Waals surface area contributed by atoms with Gasteiger partial charge in [0.1, 0.15) is 12.3 Å². The van der Waals surface area contributed by atoms with E-state index >= 15 is 0 Å². The predicted molar refractivity (Wildman–Crippen MR) is 90.5 cm³/mol. The van der Waals surface area contributed by atoms with Crippen LogP contribution < -0.4 is 4.74 Å². The molecule has 0 saturated carbocycles. The molecule has 4 rings (SSSR count). The summed E-state index contributed by atoms with van der Waals surface area (Å²) < 4.78 is 7.74. The number of pyridine rings is 1. The number of imidazole rings is 1. The van der Waals surface area contributed by atoms with E-state index < -0.39 is 0 Å². The molecule has 118 valence electrons. The smallest absolute Gasteiger partial charge is 0.233 e. The Morgan fingerprint density at radius 3 is 2.58 bits per heavy atom. The lowest BCUT2D eigenvalue weighted by Crippen LogP contribution is -2.08. The number of benzene rings is 1.